The summed E-state index contributed by atoms with van der Waals surface area (Å²) in [5.74, 6) is -0.0267. The molecule has 4 aromatic rings. The molecule has 3 aromatic carbocycles. The van der Waals surface area contributed by atoms with Gasteiger partial charge >= 0.3 is 0 Å². The zero-order chi connectivity index (χ0) is 20.2. The minimum Gasteiger partial charge on any atom is -0.355 e. The second-order valence-corrected chi connectivity index (χ2v) is 7.27. The Balaban J connectivity index is 1.49. The minimum atomic E-state index is -0.0267. The first-order valence-corrected chi connectivity index (χ1v) is 9.67. The highest BCUT2D eigenvalue weighted by atomic mass is 35.5. The van der Waals surface area contributed by atoms with Crippen LogP contribution in [-0.4, -0.2) is 10.8 Å². The van der Waals surface area contributed by atoms with E-state index < -0.39 is 0 Å². The van der Waals surface area contributed by atoms with Gasteiger partial charge in [0.25, 0.3) is 0 Å². The Morgan fingerprint density at radius 2 is 1.72 bits per heavy atom. The van der Waals surface area contributed by atoms with Gasteiger partial charge in [0.2, 0.25) is 0 Å². The van der Waals surface area contributed by atoms with E-state index in [2.05, 4.69) is 10.3 Å². The largest absolute Gasteiger partial charge is 0.355 e. The van der Waals surface area contributed by atoms with Crippen molar-refractivity contribution in [3.8, 4) is 0 Å². The van der Waals surface area contributed by atoms with Crippen LogP contribution in [-0.2, 0) is 0 Å². The first-order chi connectivity index (χ1) is 14.1. The van der Waals surface area contributed by atoms with Crippen molar-refractivity contribution in [3.63, 3.8) is 0 Å². The number of halogens is 1. The van der Waals surface area contributed by atoms with Gasteiger partial charge in [0, 0.05) is 33.5 Å². The van der Waals surface area contributed by atoms with Gasteiger partial charge in [-0.2, -0.15) is 0 Å². The van der Waals surface area contributed by atoms with Crippen LogP contribution < -0.4 is 5.32 Å². The molecule has 0 aliphatic heterocycles. The molecule has 1 heterocycles. The summed E-state index contributed by atoms with van der Waals surface area (Å²) < 4.78 is 0. The molecule has 0 unspecified atom stereocenters. The molecular formula is C25H19ClN2O. The highest BCUT2D eigenvalue weighted by molar-refractivity contribution is 6.31. The van der Waals surface area contributed by atoms with Crippen LogP contribution in [0.15, 0.2) is 85.1 Å². The number of rotatable bonds is 5. The predicted molar refractivity (Wildman–Crippen MR) is 121 cm³/mol. The average molecular weight is 399 g/mol. The fourth-order valence-electron chi connectivity index (χ4n) is 3.05. The molecule has 0 aliphatic carbocycles. The van der Waals surface area contributed by atoms with Crippen molar-refractivity contribution in [1.29, 1.82) is 0 Å². The van der Waals surface area contributed by atoms with Crippen LogP contribution in [0.25, 0.3) is 17.0 Å². The van der Waals surface area contributed by atoms with Gasteiger partial charge in [0.15, 0.2) is 5.78 Å². The number of allylic oxidation sites excluding steroid dienone is 1. The Kier molecular flexibility index (Phi) is 5.41. The number of anilines is 2. The quantitative estimate of drug-likeness (QED) is 0.295. The second kappa shape index (κ2) is 8.29. The van der Waals surface area contributed by atoms with E-state index in [4.69, 9.17) is 11.6 Å². The van der Waals surface area contributed by atoms with Crippen molar-refractivity contribution in [1.82, 2.24) is 4.98 Å². The van der Waals surface area contributed by atoms with Gasteiger partial charge in [-0.15, -0.1) is 0 Å². The fourth-order valence-corrected chi connectivity index (χ4v) is 3.22. The summed E-state index contributed by atoms with van der Waals surface area (Å²) in [6.45, 7) is 2.04. The van der Waals surface area contributed by atoms with Gasteiger partial charge in [0.05, 0.1) is 5.52 Å². The molecule has 0 bridgehead atoms. The molecule has 4 rings (SSSR count). The van der Waals surface area contributed by atoms with E-state index in [1.165, 1.54) is 5.56 Å². The monoisotopic (exact) mass is 398 g/mol. The van der Waals surface area contributed by atoms with Gasteiger partial charge in [-0.25, -0.2) is 0 Å². The Hall–Kier alpha value is -3.43. The summed E-state index contributed by atoms with van der Waals surface area (Å²) in [5, 5.41) is 5.02. The van der Waals surface area contributed by atoms with E-state index >= 15 is 0 Å². The number of aryl methyl sites for hydroxylation is 1. The molecule has 4 heteroatoms. The van der Waals surface area contributed by atoms with Gasteiger partial charge < -0.3 is 5.32 Å². The molecule has 0 amide bonds. The second-order valence-electron chi connectivity index (χ2n) is 6.83. The van der Waals surface area contributed by atoms with E-state index in [9.17, 15) is 4.79 Å². The van der Waals surface area contributed by atoms with Gasteiger partial charge in [-0.05, 0) is 67.1 Å². The van der Waals surface area contributed by atoms with E-state index in [0.717, 1.165) is 27.8 Å². The van der Waals surface area contributed by atoms with E-state index in [-0.39, 0.29) is 5.78 Å². The fraction of sp³-hybridized carbons (Fsp3) is 0.0400. The Labute approximate surface area is 174 Å². The maximum absolute atomic E-state index is 12.4. The lowest BCUT2D eigenvalue weighted by molar-refractivity contribution is 0.104. The standard InChI is InChI=1S/C25H19ClN2O/c1-17-2-4-18(5-3-17)6-13-25(29)19-7-10-21(11-8-19)28-23-14-15-27-24-16-20(26)9-12-22(23)24/h2-16H,1H3,(H,27,28)/b13-6+. The SMILES string of the molecule is Cc1ccc(/C=C/C(=O)c2ccc(Nc3ccnc4cc(Cl)ccc34)cc2)cc1. The third-order valence-corrected chi connectivity index (χ3v) is 4.89. The van der Waals surface area contributed by atoms with Crippen LogP contribution >= 0.6 is 11.6 Å². The number of fused-ring (bicyclic) bond motifs is 1. The molecule has 0 radical (unpaired) electrons. The number of benzene rings is 3. The molecule has 0 saturated heterocycles. The Morgan fingerprint density at radius 1 is 0.966 bits per heavy atom. The van der Waals surface area contributed by atoms with Crippen LogP contribution in [0.1, 0.15) is 21.5 Å². The molecule has 1 N–H and O–H groups in total. The number of aromatic nitrogens is 1. The topological polar surface area (TPSA) is 42.0 Å². The van der Waals surface area contributed by atoms with Crippen LogP contribution in [0.2, 0.25) is 5.02 Å². The Bertz CT molecular complexity index is 1200. The average Bonchev–Trinajstić information content (AvgIpc) is 2.73. The lowest BCUT2D eigenvalue weighted by Gasteiger charge is -2.10. The number of carbonyl (C=O) groups is 1. The van der Waals surface area contributed by atoms with Gasteiger partial charge in [-0.3, -0.25) is 9.78 Å². The highest BCUT2D eigenvalue weighted by Crippen LogP contribution is 2.27. The summed E-state index contributed by atoms with van der Waals surface area (Å²) in [6.07, 6.45) is 5.18. The first kappa shape index (κ1) is 18.9. The molecule has 3 nitrogen and oxygen atoms in total. The summed E-state index contributed by atoms with van der Waals surface area (Å²) in [5.41, 5.74) is 5.51. The molecule has 0 saturated carbocycles. The molecule has 29 heavy (non-hydrogen) atoms. The van der Waals surface area contributed by atoms with E-state index in [1.807, 2.05) is 85.8 Å². The molecule has 1 aromatic heterocycles. The lowest BCUT2D eigenvalue weighted by Crippen LogP contribution is -1.96. The summed E-state index contributed by atoms with van der Waals surface area (Å²) in [7, 11) is 0. The molecule has 0 spiro atoms. The number of ketones is 1. The summed E-state index contributed by atoms with van der Waals surface area (Å²) in [4.78, 5) is 16.8. The number of nitrogens with one attached hydrogen (secondary N) is 1. The molecule has 0 aliphatic rings. The van der Waals surface area contributed by atoms with Crippen molar-refractivity contribution < 1.29 is 4.79 Å². The molecule has 142 valence electrons. The zero-order valence-electron chi connectivity index (χ0n) is 15.9. The van der Waals surface area contributed by atoms with Crippen molar-refractivity contribution in [2.24, 2.45) is 0 Å². The number of carbonyl (C=O) groups excluding carboxylic acids is 1. The van der Waals surface area contributed by atoms with E-state index in [0.29, 0.717) is 10.6 Å². The van der Waals surface area contributed by atoms with Crippen LogP contribution in [0.4, 0.5) is 11.4 Å². The lowest BCUT2D eigenvalue weighted by atomic mass is 10.1. The number of nitrogens with zero attached hydrogens (tertiary/aromatic N) is 1. The normalized spacial score (nSPS) is 11.1. The van der Waals surface area contributed by atoms with Crippen molar-refractivity contribution in [2.45, 2.75) is 6.92 Å². The van der Waals surface area contributed by atoms with Crippen molar-refractivity contribution in [3.05, 3.63) is 107 Å². The minimum absolute atomic E-state index is 0.0267. The first-order valence-electron chi connectivity index (χ1n) is 9.29. The van der Waals surface area contributed by atoms with Gasteiger partial charge in [-0.1, -0.05) is 47.5 Å². The number of hydrogen-bond acceptors (Lipinski definition) is 3. The highest BCUT2D eigenvalue weighted by Gasteiger charge is 2.05. The maximum Gasteiger partial charge on any atom is 0.185 e. The van der Waals surface area contributed by atoms with Crippen LogP contribution in [0.5, 0.6) is 0 Å². The Morgan fingerprint density at radius 3 is 2.48 bits per heavy atom. The molecule has 0 fully saturated rings. The smallest absolute Gasteiger partial charge is 0.185 e. The molecular weight excluding hydrogens is 380 g/mol. The summed E-state index contributed by atoms with van der Waals surface area (Å²) in [6, 6.07) is 23.0. The van der Waals surface area contributed by atoms with Gasteiger partial charge in [0.1, 0.15) is 0 Å². The third-order valence-electron chi connectivity index (χ3n) is 4.66. The predicted octanol–water partition coefficient (Wildman–Crippen LogP) is 6.84. The van der Waals surface area contributed by atoms with E-state index in [1.54, 1.807) is 12.3 Å². The number of hydrogen-bond donors (Lipinski definition) is 1. The van der Waals surface area contributed by atoms with Crippen LogP contribution in [0.3, 0.4) is 0 Å². The van der Waals surface area contributed by atoms with Crippen LogP contribution in [0, 0.1) is 6.92 Å². The number of pyridine rings is 1. The third kappa shape index (κ3) is 4.53. The molecule has 0 atom stereocenters. The zero-order valence-corrected chi connectivity index (χ0v) is 16.6. The maximum atomic E-state index is 12.4. The summed E-state index contributed by atoms with van der Waals surface area (Å²) >= 11 is 6.05. The van der Waals surface area contributed by atoms with Crippen molar-refractivity contribution >= 4 is 45.7 Å². The van der Waals surface area contributed by atoms with Crippen molar-refractivity contribution in [2.75, 3.05) is 5.32 Å².